The lowest BCUT2D eigenvalue weighted by Crippen LogP contribution is -2.27. The van der Waals surface area contributed by atoms with E-state index in [0.29, 0.717) is 16.5 Å². The Balaban J connectivity index is 2.01. The fraction of sp³-hybridized carbons (Fsp3) is 0.188. The van der Waals surface area contributed by atoms with Gasteiger partial charge in [0.15, 0.2) is 0 Å². The Labute approximate surface area is 146 Å². The van der Waals surface area contributed by atoms with Gasteiger partial charge in [-0.25, -0.2) is 0 Å². The first kappa shape index (κ1) is 15.7. The first-order chi connectivity index (χ1) is 10.6. The number of hydrogen-bond donors (Lipinski definition) is 0. The van der Waals surface area contributed by atoms with Crippen LogP contribution in [0.2, 0.25) is 5.02 Å². The van der Waals surface area contributed by atoms with Crippen LogP contribution in [0.5, 0.6) is 5.75 Å². The molecule has 3 nitrogen and oxygen atoms in total. The molecule has 0 bridgehead atoms. The number of thioether (sulfide) groups is 1. The molecule has 1 heterocycles. The molecular weight excluding hydrogens is 386 g/mol. The summed E-state index contributed by atoms with van der Waals surface area (Å²) < 4.78 is 6.16. The summed E-state index contributed by atoms with van der Waals surface area (Å²) in [6.07, 6.45) is 0. The molecule has 2 aromatic carbocycles. The van der Waals surface area contributed by atoms with Gasteiger partial charge in [-0.15, -0.1) is 11.8 Å². The second-order valence-electron chi connectivity index (χ2n) is 4.77. The lowest BCUT2D eigenvalue weighted by Gasteiger charge is -2.25. The van der Waals surface area contributed by atoms with E-state index in [1.807, 2.05) is 30.3 Å². The molecule has 1 amide bonds. The summed E-state index contributed by atoms with van der Waals surface area (Å²) >= 11 is 11.4. The minimum absolute atomic E-state index is 0.0625. The maximum Gasteiger partial charge on any atom is 0.238 e. The second kappa shape index (κ2) is 6.52. The lowest BCUT2D eigenvalue weighted by atomic mass is 10.2. The molecule has 3 rings (SSSR count). The van der Waals surface area contributed by atoms with Gasteiger partial charge in [-0.05, 0) is 29.8 Å². The predicted molar refractivity (Wildman–Crippen MR) is 94.8 cm³/mol. The molecule has 1 aliphatic heterocycles. The Kier molecular flexibility index (Phi) is 4.66. The van der Waals surface area contributed by atoms with E-state index >= 15 is 0 Å². The van der Waals surface area contributed by atoms with E-state index in [0.717, 1.165) is 15.7 Å². The van der Waals surface area contributed by atoms with Gasteiger partial charge in [0, 0.05) is 10.2 Å². The Morgan fingerprint density at radius 3 is 2.77 bits per heavy atom. The number of halogens is 2. The van der Waals surface area contributed by atoms with Gasteiger partial charge in [0.05, 0.1) is 17.9 Å². The molecule has 1 fully saturated rings. The maximum absolute atomic E-state index is 12.4. The van der Waals surface area contributed by atoms with Crippen molar-refractivity contribution in [2.45, 2.75) is 5.37 Å². The fourth-order valence-electron chi connectivity index (χ4n) is 2.41. The van der Waals surface area contributed by atoms with Gasteiger partial charge in [-0.2, -0.15) is 0 Å². The molecule has 0 saturated carbocycles. The number of carbonyl (C=O) groups is 1. The summed E-state index contributed by atoms with van der Waals surface area (Å²) in [7, 11) is 1.57. The number of rotatable bonds is 3. The average molecular weight is 399 g/mol. The van der Waals surface area contributed by atoms with Crippen molar-refractivity contribution in [2.75, 3.05) is 17.8 Å². The van der Waals surface area contributed by atoms with Gasteiger partial charge >= 0.3 is 0 Å². The molecule has 1 atom stereocenters. The molecule has 22 heavy (non-hydrogen) atoms. The minimum atomic E-state index is -0.0625. The number of methoxy groups -OCH3 is 1. The van der Waals surface area contributed by atoms with Crippen molar-refractivity contribution in [3.63, 3.8) is 0 Å². The van der Waals surface area contributed by atoms with Gasteiger partial charge < -0.3 is 4.74 Å². The average Bonchev–Trinajstić information content (AvgIpc) is 2.89. The van der Waals surface area contributed by atoms with Crippen molar-refractivity contribution >= 4 is 50.9 Å². The van der Waals surface area contributed by atoms with E-state index in [9.17, 15) is 4.79 Å². The molecule has 0 radical (unpaired) electrons. The third kappa shape index (κ3) is 2.85. The molecule has 0 unspecified atom stereocenters. The van der Waals surface area contributed by atoms with E-state index < -0.39 is 0 Å². The Hall–Kier alpha value is -1.17. The van der Waals surface area contributed by atoms with Crippen LogP contribution in [-0.2, 0) is 4.79 Å². The summed E-state index contributed by atoms with van der Waals surface area (Å²) in [6, 6.07) is 13.4. The SMILES string of the molecule is COc1ccc(N2C(=O)CS[C@H]2c2ccccc2Br)cc1Cl. The Morgan fingerprint density at radius 2 is 2.09 bits per heavy atom. The zero-order valence-electron chi connectivity index (χ0n) is 11.8. The highest BCUT2D eigenvalue weighted by Crippen LogP contribution is 2.45. The molecular formula is C16H13BrClNO2S. The predicted octanol–water partition coefficient (Wildman–Crippen LogP) is 4.89. The molecule has 0 aromatic heterocycles. The van der Waals surface area contributed by atoms with Crippen LogP contribution in [0.4, 0.5) is 5.69 Å². The van der Waals surface area contributed by atoms with Crippen LogP contribution in [0.15, 0.2) is 46.9 Å². The second-order valence-corrected chi connectivity index (χ2v) is 7.10. The first-order valence-electron chi connectivity index (χ1n) is 6.63. The summed E-state index contributed by atoms with van der Waals surface area (Å²) in [5.41, 5.74) is 1.85. The zero-order valence-corrected chi connectivity index (χ0v) is 14.9. The van der Waals surface area contributed by atoms with Crippen LogP contribution in [-0.4, -0.2) is 18.8 Å². The Morgan fingerprint density at radius 1 is 1.32 bits per heavy atom. The van der Waals surface area contributed by atoms with Crippen LogP contribution in [0.3, 0.4) is 0 Å². The summed E-state index contributed by atoms with van der Waals surface area (Å²) in [5, 5.41) is 0.433. The van der Waals surface area contributed by atoms with Crippen LogP contribution >= 0.6 is 39.3 Å². The highest BCUT2D eigenvalue weighted by Gasteiger charge is 2.35. The van der Waals surface area contributed by atoms with Crippen LogP contribution < -0.4 is 9.64 Å². The van der Waals surface area contributed by atoms with Crippen molar-refractivity contribution in [3.8, 4) is 5.75 Å². The van der Waals surface area contributed by atoms with Gasteiger partial charge in [-0.1, -0.05) is 45.7 Å². The molecule has 0 spiro atoms. The highest BCUT2D eigenvalue weighted by atomic mass is 79.9. The number of benzene rings is 2. The van der Waals surface area contributed by atoms with Gasteiger partial charge in [0.25, 0.3) is 0 Å². The third-order valence-corrected chi connectivity index (χ3v) is 5.66. The molecule has 6 heteroatoms. The molecule has 0 N–H and O–H groups in total. The van der Waals surface area contributed by atoms with Crippen molar-refractivity contribution in [3.05, 3.63) is 57.5 Å². The fourth-order valence-corrected chi connectivity index (χ4v) is 4.53. The summed E-state index contributed by atoms with van der Waals surface area (Å²) in [6.45, 7) is 0. The molecule has 1 aliphatic rings. The topological polar surface area (TPSA) is 29.5 Å². The lowest BCUT2D eigenvalue weighted by molar-refractivity contribution is -0.115. The van der Waals surface area contributed by atoms with Crippen LogP contribution in [0, 0.1) is 0 Å². The normalized spacial score (nSPS) is 17.9. The zero-order chi connectivity index (χ0) is 15.7. The highest BCUT2D eigenvalue weighted by molar-refractivity contribution is 9.10. The monoisotopic (exact) mass is 397 g/mol. The Bertz CT molecular complexity index is 725. The maximum atomic E-state index is 12.4. The quantitative estimate of drug-likeness (QED) is 0.737. The third-order valence-electron chi connectivity index (χ3n) is 3.45. The van der Waals surface area contributed by atoms with Gasteiger partial charge in [-0.3, -0.25) is 9.69 Å². The number of amides is 1. The molecule has 1 saturated heterocycles. The van der Waals surface area contributed by atoms with Crippen molar-refractivity contribution in [1.29, 1.82) is 0 Å². The summed E-state index contributed by atoms with van der Waals surface area (Å²) in [5.74, 6) is 1.13. The standard InChI is InChI=1S/C16H13BrClNO2S/c1-21-14-7-6-10(8-13(14)18)19-15(20)9-22-16(19)11-4-2-3-5-12(11)17/h2-8,16H,9H2,1H3/t16-/m0/s1. The first-order valence-corrected chi connectivity index (χ1v) is 8.85. The van der Waals surface area contributed by atoms with Crippen LogP contribution in [0.1, 0.15) is 10.9 Å². The number of nitrogens with zero attached hydrogens (tertiary/aromatic N) is 1. The summed E-state index contributed by atoms with van der Waals surface area (Å²) in [4.78, 5) is 14.1. The number of anilines is 1. The number of hydrogen-bond acceptors (Lipinski definition) is 3. The smallest absolute Gasteiger partial charge is 0.238 e. The number of carbonyl (C=O) groups excluding carboxylic acids is 1. The number of ether oxygens (including phenoxy) is 1. The van der Waals surface area contributed by atoms with Crippen molar-refractivity contribution < 1.29 is 9.53 Å². The minimum Gasteiger partial charge on any atom is -0.495 e. The van der Waals surface area contributed by atoms with Crippen LogP contribution in [0.25, 0.3) is 0 Å². The molecule has 114 valence electrons. The van der Waals surface area contributed by atoms with Gasteiger partial charge in [0.1, 0.15) is 11.1 Å². The van der Waals surface area contributed by atoms with Gasteiger partial charge in [0.2, 0.25) is 5.91 Å². The van der Waals surface area contributed by atoms with Crippen molar-refractivity contribution in [1.82, 2.24) is 0 Å². The van der Waals surface area contributed by atoms with E-state index in [-0.39, 0.29) is 11.3 Å². The molecule has 2 aromatic rings. The molecule has 0 aliphatic carbocycles. The largest absolute Gasteiger partial charge is 0.495 e. The van der Waals surface area contributed by atoms with E-state index in [2.05, 4.69) is 15.9 Å². The van der Waals surface area contributed by atoms with E-state index in [1.54, 1.807) is 35.9 Å². The van der Waals surface area contributed by atoms with E-state index in [1.165, 1.54) is 0 Å². The van der Waals surface area contributed by atoms with E-state index in [4.69, 9.17) is 16.3 Å². The van der Waals surface area contributed by atoms with Crippen molar-refractivity contribution in [2.24, 2.45) is 0 Å².